The van der Waals surface area contributed by atoms with Crippen LogP contribution in [0.1, 0.15) is 30.5 Å². The van der Waals surface area contributed by atoms with E-state index in [0.717, 1.165) is 24.3 Å². The molecule has 0 spiro atoms. The van der Waals surface area contributed by atoms with Crippen LogP contribution in [0.5, 0.6) is 5.75 Å². The molecule has 20 heavy (non-hydrogen) atoms. The van der Waals surface area contributed by atoms with Crippen LogP contribution < -0.4 is 10.1 Å². The van der Waals surface area contributed by atoms with Crippen LogP contribution in [0.25, 0.3) is 0 Å². The largest absolute Gasteiger partial charge is 0.497 e. The minimum absolute atomic E-state index is 0.0698. The average molecular weight is 295 g/mol. The molecule has 3 rings (SSSR count). The lowest BCUT2D eigenvalue weighted by molar-refractivity contribution is 0.410. The minimum atomic E-state index is -3.02. The van der Waals surface area contributed by atoms with Crippen molar-refractivity contribution in [3.63, 3.8) is 0 Å². The van der Waals surface area contributed by atoms with E-state index in [0.29, 0.717) is 12.2 Å². The van der Waals surface area contributed by atoms with E-state index in [1.165, 1.54) is 5.56 Å². The third kappa shape index (κ3) is 2.33. The maximum absolute atomic E-state index is 12.5. The van der Waals surface area contributed by atoms with Crippen LogP contribution in [0.3, 0.4) is 0 Å². The van der Waals surface area contributed by atoms with Gasteiger partial charge in [-0.05, 0) is 48.6 Å². The SMILES string of the molecule is COc1ccc2c(c1)CCC1C2NCC(C)CS1(=O)=O. The zero-order chi connectivity index (χ0) is 14.3. The van der Waals surface area contributed by atoms with Gasteiger partial charge in [0.1, 0.15) is 5.75 Å². The van der Waals surface area contributed by atoms with Crippen LogP contribution in [0.4, 0.5) is 0 Å². The number of ether oxygens (including phenoxy) is 1. The number of methoxy groups -OCH3 is 1. The van der Waals surface area contributed by atoms with E-state index in [1.807, 2.05) is 25.1 Å². The molecule has 0 amide bonds. The first kappa shape index (κ1) is 13.9. The van der Waals surface area contributed by atoms with Gasteiger partial charge in [0.15, 0.2) is 9.84 Å². The Bertz CT molecular complexity index is 612. The Balaban J connectivity index is 2.03. The van der Waals surface area contributed by atoms with E-state index in [9.17, 15) is 8.42 Å². The number of sulfone groups is 1. The van der Waals surface area contributed by atoms with E-state index in [2.05, 4.69) is 5.32 Å². The fraction of sp³-hybridized carbons (Fsp3) is 0.600. The van der Waals surface area contributed by atoms with Crippen LogP contribution in [0, 0.1) is 5.92 Å². The van der Waals surface area contributed by atoms with Gasteiger partial charge < -0.3 is 10.1 Å². The predicted molar refractivity (Wildman–Crippen MR) is 78.8 cm³/mol. The second-order valence-electron chi connectivity index (χ2n) is 5.96. The molecule has 4 nitrogen and oxygen atoms in total. The van der Waals surface area contributed by atoms with Gasteiger partial charge in [0, 0.05) is 6.04 Å². The van der Waals surface area contributed by atoms with Gasteiger partial charge >= 0.3 is 0 Å². The summed E-state index contributed by atoms with van der Waals surface area (Å²) < 4.78 is 30.3. The average Bonchev–Trinajstić information content (AvgIpc) is 2.54. The van der Waals surface area contributed by atoms with E-state index in [1.54, 1.807) is 7.11 Å². The number of hydrogen-bond donors (Lipinski definition) is 1. The summed E-state index contributed by atoms with van der Waals surface area (Å²) in [5.74, 6) is 1.31. The summed E-state index contributed by atoms with van der Waals surface area (Å²) in [5, 5.41) is 3.18. The van der Waals surface area contributed by atoms with Crippen LogP contribution in [0.15, 0.2) is 18.2 Å². The summed E-state index contributed by atoms with van der Waals surface area (Å²) >= 11 is 0. The summed E-state index contributed by atoms with van der Waals surface area (Å²) in [7, 11) is -1.37. The Morgan fingerprint density at radius 2 is 2.15 bits per heavy atom. The first-order valence-corrected chi connectivity index (χ1v) is 8.84. The molecule has 1 aliphatic carbocycles. The molecule has 5 heteroatoms. The summed E-state index contributed by atoms with van der Waals surface area (Å²) in [6.07, 6.45) is 1.51. The first-order valence-electron chi connectivity index (χ1n) is 7.13. The molecule has 1 heterocycles. The number of hydrogen-bond acceptors (Lipinski definition) is 4. The highest BCUT2D eigenvalue weighted by Gasteiger charge is 2.40. The molecule has 3 unspecified atom stereocenters. The molecule has 3 atom stereocenters. The molecular weight excluding hydrogens is 274 g/mol. The third-order valence-corrected chi connectivity index (χ3v) is 6.88. The monoisotopic (exact) mass is 295 g/mol. The van der Waals surface area contributed by atoms with Crippen molar-refractivity contribution < 1.29 is 13.2 Å². The Kier molecular flexibility index (Phi) is 3.50. The summed E-state index contributed by atoms with van der Waals surface area (Å²) in [6, 6.07) is 5.90. The number of nitrogens with one attached hydrogen (secondary N) is 1. The van der Waals surface area contributed by atoms with Crippen molar-refractivity contribution in [3.8, 4) is 5.75 Å². The smallest absolute Gasteiger partial charge is 0.155 e. The van der Waals surface area contributed by atoms with Crippen LogP contribution in [0.2, 0.25) is 0 Å². The van der Waals surface area contributed by atoms with Crippen molar-refractivity contribution in [2.24, 2.45) is 5.92 Å². The van der Waals surface area contributed by atoms with Crippen molar-refractivity contribution in [1.82, 2.24) is 5.32 Å². The number of aryl methyl sites for hydroxylation is 1. The van der Waals surface area contributed by atoms with Gasteiger partial charge in [-0.3, -0.25) is 0 Å². The Morgan fingerprint density at radius 1 is 1.35 bits per heavy atom. The van der Waals surface area contributed by atoms with Crippen LogP contribution >= 0.6 is 0 Å². The van der Waals surface area contributed by atoms with Gasteiger partial charge in [-0.1, -0.05) is 13.0 Å². The molecular formula is C15H21NO3S. The van der Waals surface area contributed by atoms with Gasteiger partial charge in [-0.25, -0.2) is 8.42 Å². The maximum Gasteiger partial charge on any atom is 0.155 e. The second-order valence-corrected chi connectivity index (χ2v) is 8.23. The van der Waals surface area contributed by atoms with Gasteiger partial charge in [-0.2, -0.15) is 0 Å². The van der Waals surface area contributed by atoms with Crippen molar-refractivity contribution >= 4 is 9.84 Å². The molecule has 1 fully saturated rings. The zero-order valence-electron chi connectivity index (χ0n) is 11.9. The first-order chi connectivity index (χ1) is 9.51. The number of fused-ring (bicyclic) bond motifs is 3. The second kappa shape index (κ2) is 5.04. The highest BCUT2D eigenvalue weighted by atomic mass is 32.2. The Labute approximate surface area is 120 Å². The van der Waals surface area contributed by atoms with Crippen molar-refractivity contribution in [1.29, 1.82) is 0 Å². The van der Waals surface area contributed by atoms with Crippen molar-refractivity contribution in [3.05, 3.63) is 29.3 Å². The van der Waals surface area contributed by atoms with Gasteiger partial charge in [0.25, 0.3) is 0 Å². The molecule has 0 aromatic heterocycles. The molecule has 1 saturated heterocycles. The molecule has 1 aromatic carbocycles. The molecule has 2 aliphatic rings. The van der Waals surface area contributed by atoms with E-state index in [-0.39, 0.29) is 17.2 Å². The summed E-state index contributed by atoms with van der Waals surface area (Å²) in [5.41, 5.74) is 2.34. The molecule has 1 aliphatic heterocycles. The molecule has 0 bridgehead atoms. The molecule has 110 valence electrons. The topological polar surface area (TPSA) is 55.4 Å². The molecule has 0 saturated carbocycles. The fourth-order valence-corrected chi connectivity index (χ4v) is 5.72. The van der Waals surface area contributed by atoms with E-state index in [4.69, 9.17) is 4.74 Å². The normalized spacial score (nSPS) is 31.8. The number of benzene rings is 1. The van der Waals surface area contributed by atoms with Crippen molar-refractivity contribution in [2.75, 3.05) is 19.4 Å². The Morgan fingerprint density at radius 3 is 2.90 bits per heavy atom. The molecule has 1 N–H and O–H groups in total. The third-order valence-electron chi connectivity index (χ3n) is 4.42. The highest BCUT2D eigenvalue weighted by Crippen LogP contribution is 2.37. The highest BCUT2D eigenvalue weighted by molar-refractivity contribution is 7.92. The minimum Gasteiger partial charge on any atom is -0.497 e. The standard InChI is InChI=1S/C15H21NO3S/c1-10-8-16-15-13-5-4-12(19-2)7-11(13)3-6-14(15)20(17,18)9-10/h4-5,7,10,14-16H,3,6,8-9H2,1-2H3. The lowest BCUT2D eigenvalue weighted by Gasteiger charge is -2.32. The maximum atomic E-state index is 12.5. The van der Waals surface area contributed by atoms with Crippen molar-refractivity contribution in [2.45, 2.75) is 31.1 Å². The van der Waals surface area contributed by atoms with Gasteiger partial charge in [0.05, 0.1) is 18.1 Å². The quantitative estimate of drug-likeness (QED) is 0.857. The van der Waals surface area contributed by atoms with Crippen LogP contribution in [-0.4, -0.2) is 33.1 Å². The lowest BCUT2D eigenvalue weighted by atomic mass is 9.87. The van der Waals surface area contributed by atoms with E-state index < -0.39 is 9.84 Å². The summed E-state index contributed by atoms with van der Waals surface area (Å²) in [4.78, 5) is 0. The number of rotatable bonds is 1. The van der Waals surface area contributed by atoms with E-state index >= 15 is 0 Å². The van der Waals surface area contributed by atoms with Crippen LogP contribution in [-0.2, 0) is 16.3 Å². The Hall–Kier alpha value is -1.07. The van der Waals surface area contributed by atoms with Gasteiger partial charge in [0.2, 0.25) is 0 Å². The molecule has 1 aromatic rings. The fourth-order valence-electron chi connectivity index (χ4n) is 3.43. The predicted octanol–water partition coefficient (Wildman–Crippen LogP) is 1.71. The lowest BCUT2D eigenvalue weighted by Crippen LogP contribution is -2.38. The summed E-state index contributed by atoms with van der Waals surface area (Å²) in [6.45, 7) is 2.75. The van der Waals surface area contributed by atoms with Gasteiger partial charge in [-0.15, -0.1) is 0 Å². The zero-order valence-corrected chi connectivity index (χ0v) is 12.7. The molecule has 0 radical (unpaired) electrons.